The summed E-state index contributed by atoms with van der Waals surface area (Å²) in [5.74, 6) is 0. The fraction of sp³-hybridized carbons (Fsp3) is 0.467. The predicted molar refractivity (Wildman–Crippen MR) is 73.7 cm³/mol. The third kappa shape index (κ3) is 2.28. The summed E-state index contributed by atoms with van der Waals surface area (Å²) < 4.78 is 8.02. The number of nitrogens with one attached hydrogen (secondary N) is 1. The number of aromatic nitrogens is 1. The van der Waals surface area contributed by atoms with Gasteiger partial charge in [0, 0.05) is 31.4 Å². The lowest BCUT2D eigenvalue weighted by atomic mass is 10.1. The van der Waals surface area contributed by atoms with Gasteiger partial charge < -0.3 is 14.6 Å². The lowest BCUT2D eigenvalue weighted by molar-refractivity contribution is 0.0980. The molecule has 18 heavy (non-hydrogen) atoms. The van der Waals surface area contributed by atoms with Gasteiger partial charge in [-0.3, -0.25) is 0 Å². The minimum absolute atomic E-state index is 0.401. The van der Waals surface area contributed by atoms with Gasteiger partial charge in [-0.2, -0.15) is 0 Å². The van der Waals surface area contributed by atoms with E-state index < -0.39 is 0 Å². The zero-order valence-electron chi connectivity index (χ0n) is 10.9. The third-order valence-electron chi connectivity index (χ3n) is 3.64. The van der Waals surface area contributed by atoms with E-state index in [-0.39, 0.29) is 0 Å². The highest BCUT2D eigenvalue weighted by molar-refractivity contribution is 5.80. The van der Waals surface area contributed by atoms with Crippen LogP contribution in [-0.4, -0.2) is 24.3 Å². The molecule has 0 radical (unpaired) electrons. The van der Waals surface area contributed by atoms with Crippen LogP contribution < -0.4 is 5.32 Å². The number of benzene rings is 1. The van der Waals surface area contributed by atoms with Gasteiger partial charge in [0.1, 0.15) is 0 Å². The van der Waals surface area contributed by atoms with Crippen molar-refractivity contribution in [2.45, 2.75) is 32.0 Å². The summed E-state index contributed by atoms with van der Waals surface area (Å²) in [6, 6.07) is 8.88. The Bertz CT molecular complexity index is 526. The smallest absolute Gasteiger partial charge is 0.0754 e. The van der Waals surface area contributed by atoms with Crippen LogP contribution in [-0.2, 0) is 17.8 Å². The Kier molecular flexibility index (Phi) is 3.35. The van der Waals surface area contributed by atoms with Crippen molar-refractivity contribution in [2.75, 3.05) is 13.7 Å². The van der Waals surface area contributed by atoms with Gasteiger partial charge in [-0.1, -0.05) is 6.07 Å². The highest BCUT2D eigenvalue weighted by Crippen LogP contribution is 2.21. The fourth-order valence-electron chi connectivity index (χ4n) is 2.73. The SMILES string of the molecule is CNCc1ccc2c(ccn2CC2CCCO2)c1. The van der Waals surface area contributed by atoms with E-state index >= 15 is 0 Å². The van der Waals surface area contributed by atoms with E-state index in [1.54, 1.807) is 0 Å². The van der Waals surface area contributed by atoms with Crippen LogP contribution in [0, 0.1) is 0 Å². The highest BCUT2D eigenvalue weighted by atomic mass is 16.5. The quantitative estimate of drug-likeness (QED) is 0.894. The Morgan fingerprint density at radius 3 is 3.11 bits per heavy atom. The van der Waals surface area contributed by atoms with E-state index in [4.69, 9.17) is 4.74 Å². The second-order valence-electron chi connectivity index (χ2n) is 5.03. The molecule has 1 unspecified atom stereocenters. The molecule has 2 aromatic rings. The maximum absolute atomic E-state index is 5.71. The van der Waals surface area contributed by atoms with Crippen LogP contribution in [0.1, 0.15) is 18.4 Å². The second-order valence-corrected chi connectivity index (χ2v) is 5.03. The van der Waals surface area contributed by atoms with E-state index in [1.807, 2.05) is 7.05 Å². The Balaban J connectivity index is 1.84. The summed E-state index contributed by atoms with van der Waals surface area (Å²) in [6.07, 6.45) is 4.97. The lowest BCUT2D eigenvalue weighted by Gasteiger charge is -2.12. The number of ether oxygens (including phenoxy) is 1. The van der Waals surface area contributed by atoms with Crippen molar-refractivity contribution >= 4 is 10.9 Å². The molecule has 1 N–H and O–H groups in total. The fourth-order valence-corrected chi connectivity index (χ4v) is 2.73. The third-order valence-corrected chi connectivity index (χ3v) is 3.64. The van der Waals surface area contributed by atoms with E-state index in [9.17, 15) is 0 Å². The molecule has 1 aromatic carbocycles. The standard InChI is InChI=1S/C15H20N2O/c1-16-10-12-4-5-15-13(9-12)6-7-17(15)11-14-3-2-8-18-14/h4-7,9,14,16H,2-3,8,10-11H2,1H3. The van der Waals surface area contributed by atoms with Crippen LogP contribution in [0.2, 0.25) is 0 Å². The molecule has 0 bridgehead atoms. The Labute approximate surface area is 108 Å². The van der Waals surface area contributed by atoms with Gasteiger partial charge in [0.2, 0.25) is 0 Å². The maximum atomic E-state index is 5.71. The first kappa shape index (κ1) is 11.8. The molecule has 0 saturated carbocycles. The first-order valence-corrected chi connectivity index (χ1v) is 6.71. The van der Waals surface area contributed by atoms with Gasteiger partial charge in [-0.05, 0) is 49.0 Å². The number of hydrogen-bond acceptors (Lipinski definition) is 2. The average Bonchev–Trinajstić information content (AvgIpc) is 3.00. The number of hydrogen-bond donors (Lipinski definition) is 1. The zero-order chi connectivity index (χ0) is 12.4. The molecule has 1 atom stereocenters. The topological polar surface area (TPSA) is 26.2 Å². The summed E-state index contributed by atoms with van der Waals surface area (Å²) in [5.41, 5.74) is 2.64. The van der Waals surface area contributed by atoms with Crippen LogP contribution in [0.4, 0.5) is 0 Å². The second kappa shape index (κ2) is 5.12. The molecule has 3 rings (SSSR count). The number of rotatable bonds is 4. The van der Waals surface area contributed by atoms with Gasteiger partial charge in [0.25, 0.3) is 0 Å². The molecular weight excluding hydrogens is 224 g/mol. The van der Waals surface area contributed by atoms with Crippen LogP contribution in [0.5, 0.6) is 0 Å². The molecule has 1 aliphatic heterocycles. The van der Waals surface area contributed by atoms with Crippen molar-refractivity contribution in [3.05, 3.63) is 36.0 Å². The molecule has 1 aliphatic rings. The minimum Gasteiger partial charge on any atom is -0.376 e. The molecule has 1 saturated heterocycles. The molecule has 96 valence electrons. The first-order chi connectivity index (χ1) is 8.86. The van der Waals surface area contributed by atoms with Gasteiger partial charge in [0.15, 0.2) is 0 Å². The van der Waals surface area contributed by atoms with Crippen molar-refractivity contribution in [3.8, 4) is 0 Å². The van der Waals surface area contributed by atoms with Gasteiger partial charge in [-0.15, -0.1) is 0 Å². The molecule has 0 amide bonds. The van der Waals surface area contributed by atoms with Gasteiger partial charge in [0.05, 0.1) is 6.10 Å². The molecule has 2 heterocycles. The van der Waals surface area contributed by atoms with Crippen molar-refractivity contribution in [3.63, 3.8) is 0 Å². The van der Waals surface area contributed by atoms with Crippen molar-refractivity contribution < 1.29 is 4.74 Å². The lowest BCUT2D eigenvalue weighted by Crippen LogP contribution is -2.14. The summed E-state index contributed by atoms with van der Waals surface area (Å²) in [4.78, 5) is 0. The van der Waals surface area contributed by atoms with Crippen LogP contribution >= 0.6 is 0 Å². The highest BCUT2D eigenvalue weighted by Gasteiger charge is 2.16. The summed E-state index contributed by atoms with van der Waals surface area (Å²) in [6.45, 7) is 2.83. The Morgan fingerprint density at radius 1 is 1.39 bits per heavy atom. The van der Waals surface area contributed by atoms with E-state index in [2.05, 4.69) is 40.3 Å². The molecule has 3 heteroatoms. The zero-order valence-corrected chi connectivity index (χ0v) is 10.9. The summed E-state index contributed by atoms with van der Waals surface area (Å²) >= 11 is 0. The molecule has 3 nitrogen and oxygen atoms in total. The van der Waals surface area contributed by atoms with E-state index in [0.717, 1.165) is 19.7 Å². The van der Waals surface area contributed by atoms with E-state index in [1.165, 1.54) is 29.3 Å². The van der Waals surface area contributed by atoms with Gasteiger partial charge >= 0.3 is 0 Å². The van der Waals surface area contributed by atoms with Crippen molar-refractivity contribution in [1.29, 1.82) is 0 Å². The van der Waals surface area contributed by atoms with Crippen molar-refractivity contribution in [2.24, 2.45) is 0 Å². The van der Waals surface area contributed by atoms with Crippen LogP contribution in [0.3, 0.4) is 0 Å². The van der Waals surface area contributed by atoms with Crippen LogP contribution in [0.15, 0.2) is 30.5 Å². The minimum atomic E-state index is 0.401. The molecule has 0 aliphatic carbocycles. The molecular formula is C15H20N2O. The molecule has 1 fully saturated rings. The number of fused-ring (bicyclic) bond motifs is 1. The summed E-state index contributed by atoms with van der Waals surface area (Å²) in [5, 5.41) is 4.51. The van der Waals surface area contributed by atoms with Crippen LogP contribution in [0.25, 0.3) is 10.9 Å². The predicted octanol–water partition coefficient (Wildman–Crippen LogP) is 2.54. The molecule has 0 spiro atoms. The molecule has 1 aromatic heterocycles. The normalized spacial score (nSPS) is 19.7. The van der Waals surface area contributed by atoms with Crippen molar-refractivity contribution in [1.82, 2.24) is 9.88 Å². The first-order valence-electron chi connectivity index (χ1n) is 6.71. The summed E-state index contributed by atoms with van der Waals surface area (Å²) in [7, 11) is 1.98. The monoisotopic (exact) mass is 244 g/mol. The average molecular weight is 244 g/mol. The van der Waals surface area contributed by atoms with Gasteiger partial charge in [-0.25, -0.2) is 0 Å². The maximum Gasteiger partial charge on any atom is 0.0754 e. The Morgan fingerprint density at radius 2 is 2.33 bits per heavy atom. The number of nitrogens with zero attached hydrogens (tertiary/aromatic N) is 1. The largest absolute Gasteiger partial charge is 0.376 e. The van der Waals surface area contributed by atoms with E-state index in [0.29, 0.717) is 6.10 Å². The Hall–Kier alpha value is -1.32.